The zero-order chi connectivity index (χ0) is 7.44. The molecule has 0 saturated carbocycles. The fourth-order valence-corrected chi connectivity index (χ4v) is 1.000. The second kappa shape index (κ2) is 6.92. The molecule has 0 fully saturated rings. The van der Waals surface area contributed by atoms with Crippen LogP contribution in [0.1, 0.15) is 13.3 Å². The molecule has 0 aliphatic carbocycles. The van der Waals surface area contributed by atoms with Crippen LogP contribution in [0.3, 0.4) is 0 Å². The molecule has 5 heteroatoms. The minimum absolute atomic E-state index is 0. The van der Waals surface area contributed by atoms with Crippen molar-refractivity contribution in [2.45, 2.75) is 13.3 Å². The molecule has 0 radical (unpaired) electrons. The number of hydrogen-bond acceptors (Lipinski definition) is 4. The van der Waals surface area contributed by atoms with Crippen molar-refractivity contribution in [3.63, 3.8) is 0 Å². The Kier molecular flexibility index (Phi) is 9.56. The molecule has 0 bridgehead atoms. The van der Waals surface area contributed by atoms with E-state index >= 15 is 0 Å². The van der Waals surface area contributed by atoms with Gasteiger partial charge >= 0.3 is 19.5 Å². The zero-order valence-corrected chi connectivity index (χ0v) is 11.9. The first kappa shape index (κ1) is 13.8. The molecule has 0 aromatic heterocycles. The fraction of sp³-hybridized carbons (Fsp3) is 0.600. The molecule has 0 heterocycles. The minimum Gasteiger partial charge on any atom is -0.433 e. The fourth-order valence-electron chi connectivity index (χ4n) is 0.333. The quantitative estimate of drug-likeness (QED) is 0.430. The van der Waals surface area contributed by atoms with Gasteiger partial charge in [0.1, 0.15) is 0 Å². The van der Waals surface area contributed by atoms with Crippen LogP contribution in [-0.4, -0.2) is 8.39 Å². The van der Waals surface area contributed by atoms with Gasteiger partial charge in [0.2, 0.25) is 0 Å². The van der Waals surface area contributed by atoms with Crippen molar-refractivity contribution in [3.05, 3.63) is 0 Å². The number of hydrogen-bond donors (Lipinski definition) is 0. The molecule has 0 nitrogen and oxygen atoms in total. The Morgan fingerprint density at radius 1 is 1.40 bits per heavy atom. The molecular formula is C5H6S4Zn. The van der Waals surface area contributed by atoms with E-state index in [1.807, 2.05) is 6.92 Å². The molecule has 52 valence electrons. The molecule has 0 N–H and O–H groups in total. The third kappa shape index (κ3) is 7.35. The largest absolute Gasteiger partial charge is 2.00 e. The predicted molar refractivity (Wildman–Crippen MR) is 53.7 cm³/mol. The van der Waals surface area contributed by atoms with Crippen LogP contribution in [0.15, 0.2) is 0 Å². The van der Waals surface area contributed by atoms with Gasteiger partial charge in [0.05, 0.1) is 0 Å². The third-order valence-corrected chi connectivity index (χ3v) is 2.01. The molecule has 0 aliphatic heterocycles. The van der Waals surface area contributed by atoms with Gasteiger partial charge in [0.15, 0.2) is 0 Å². The Bertz CT molecular complexity index is 134. The van der Waals surface area contributed by atoms with Gasteiger partial charge in [-0.15, -0.1) is 4.20 Å². The van der Waals surface area contributed by atoms with Crippen molar-refractivity contribution in [3.8, 4) is 0 Å². The van der Waals surface area contributed by atoms with E-state index < -0.39 is 0 Å². The average molecular weight is 260 g/mol. The molecular weight excluding hydrogens is 254 g/mol. The molecule has 0 saturated heterocycles. The van der Waals surface area contributed by atoms with E-state index in [1.165, 1.54) is 0 Å². The van der Waals surface area contributed by atoms with E-state index in [2.05, 4.69) is 0 Å². The van der Waals surface area contributed by atoms with E-state index in [0.29, 0.717) is 14.8 Å². The van der Waals surface area contributed by atoms with Crippen molar-refractivity contribution in [2.75, 3.05) is 0 Å². The summed E-state index contributed by atoms with van der Waals surface area (Å²) in [7, 11) is 0. The second-order valence-corrected chi connectivity index (χ2v) is 4.18. The van der Waals surface area contributed by atoms with E-state index in [4.69, 9.17) is 49.7 Å². The van der Waals surface area contributed by atoms with Crippen molar-refractivity contribution in [1.82, 2.24) is 0 Å². The average Bonchev–Trinajstić information content (AvgIpc) is 1.63. The summed E-state index contributed by atoms with van der Waals surface area (Å²) in [6.07, 6.45) is 0.674. The number of rotatable bonds is 3. The molecule has 1 atom stereocenters. The third-order valence-electron chi connectivity index (χ3n) is 0.875. The van der Waals surface area contributed by atoms with Crippen LogP contribution in [-0.2, 0) is 44.7 Å². The van der Waals surface area contributed by atoms with E-state index in [1.54, 1.807) is 0 Å². The summed E-state index contributed by atoms with van der Waals surface area (Å²) in [5.41, 5.74) is 0. The van der Waals surface area contributed by atoms with E-state index in [-0.39, 0.29) is 25.4 Å². The first-order chi connectivity index (χ1) is 4.04. The van der Waals surface area contributed by atoms with Gasteiger partial charge in [-0.1, -0.05) is 6.92 Å². The Balaban J connectivity index is 0. The molecule has 0 amide bonds. The molecule has 0 aromatic carbocycles. The van der Waals surface area contributed by atoms with E-state index in [9.17, 15) is 0 Å². The standard InChI is InChI=1S/C5H8S4.Zn/c1-3(5(8)9)2-4(6)7;/h3H,2H2,1H3,(H,6,7)(H,8,9);/q;+2/p-2. The van der Waals surface area contributed by atoms with Gasteiger partial charge in [-0.2, -0.15) is 4.20 Å². The van der Waals surface area contributed by atoms with Gasteiger partial charge in [0.25, 0.3) is 0 Å². The first-order valence-corrected chi connectivity index (χ1v) is 4.08. The van der Waals surface area contributed by atoms with Gasteiger partial charge in [0, 0.05) is 0 Å². The zero-order valence-electron chi connectivity index (χ0n) is 5.62. The Morgan fingerprint density at radius 3 is 1.90 bits per heavy atom. The van der Waals surface area contributed by atoms with Gasteiger partial charge < -0.3 is 49.7 Å². The molecule has 10 heavy (non-hydrogen) atoms. The SMILES string of the molecule is CC(CC(=S)[S-])C(=S)[S-].[Zn+2]. The molecule has 0 aliphatic rings. The summed E-state index contributed by atoms with van der Waals surface area (Å²) in [4.78, 5) is 0. The van der Waals surface area contributed by atoms with Crippen LogP contribution in [0.5, 0.6) is 0 Å². The van der Waals surface area contributed by atoms with Crippen LogP contribution in [0, 0.1) is 5.92 Å². The molecule has 1 unspecified atom stereocenters. The molecule has 0 rings (SSSR count). The molecule has 0 spiro atoms. The maximum atomic E-state index is 4.75. The van der Waals surface area contributed by atoms with Crippen LogP contribution in [0.25, 0.3) is 0 Å². The minimum atomic E-state index is 0. The Morgan fingerprint density at radius 2 is 1.80 bits per heavy atom. The second-order valence-electron chi connectivity index (χ2n) is 1.80. The van der Waals surface area contributed by atoms with Crippen molar-refractivity contribution in [1.29, 1.82) is 0 Å². The van der Waals surface area contributed by atoms with Crippen LogP contribution >= 0.6 is 24.4 Å². The predicted octanol–water partition coefficient (Wildman–Crippen LogP) is 1.76. The van der Waals surface area contributed by atoms with Gasteiger partial charge in [-0.25, -0.2) is 0 Å². The summed E-state index contributed by atoms with van der Waals surface area (Å²) < 4.78 is 1.14. The Hall–Kier alpha value is 1.24. The Labute approximate surface area is 96.1 Å². The molecule has 0 aromatic rings. The summed E-state index contributed by atoms with van der Waals surface area (Å²) in [5.74, 6) is 0.194. The normalized spacial score (nSPS) is 11.3. The van der Waals surface area contributed by atoms with E-state index in [0.717, 1.165) is 0 Å². The topological polar surface area (TPSA) is 0 Å². The summed E-state index contributed by atoms with van der Waals surface area (Å²) in [6.45, 7) is 1.94. The smallest absolute Gasteiger partial charge is 0.433 e. The van der Waals surface area contributed by atoms with Gasteiger partial charge in [-0.3, -0.25) is 0 Å². The monoisotopic (exact) mass is 258 g/mol. The van der Waals surface area contributed by atoms with Crippen LogP contribution < -0.4 is 0 Å². The summed E-state index contributed by atoms with van der Waals surface area (Å²) >= 11 is 18.9. The van der Waals surface area contributed by atoms with Crippen molar-refractivity contribution in [2.24, 2.45) is 5.92 Å². The first-order valence-electron chi connectivity index (χ1n) is 2.44. The number of thiocarbonyl (C=S) groups is 2. The maximum absolute atomic E-state index is 4.75. The van der Waals surface area contributed by atoms with Crippen molar-refractivity contribution < 1.29 is 19.5 Å². The van der Waals surface area contributed by atoms with Crippen LogP contribution in [0.4, 0.5) is 0 Å². The summed E-state index contributed by atoms with van der Waals surface area (Å²) in [6, 6.07) is 0. The maximum Gasteiger partial charge on any atom is 2.00 e. The van der Waals surface area contributed by atoms with Crippen molar-refractivity contribution >= 4 is 58.1 Å². The summed E-state index contributed by atoms with van der Waals surface area (Å²) in [5, 5.41) is 0. The van der Waals surface area contributed by atoms with Crippen LogP contribution in [0.2, 0.25) is 0 Å². The van der Waals surface area contributed by atoms with Gasteiger partial charge in [-0.05, 0) is 12.3 Å².